The van der Waals surface area contributed by atoms with E-state index in [2.05, 4.69) is 4.99 Å². The second-order valence-corrected chi connectivity index (χ2v) is 4.52. The Morgan fingerprint density at radius 1 is 1.00 bits per heavy atom. The van der Waals surface area contributed by atoms with Crippen molar-refractivity contribution < 1.29 is 26.7 Å². The summed E-state index contributed by atoms with van der Waals surface area (Å²) in [5.41, 5.74) is -1.52. The molecule has 0 unspecified atom stereocenters. The number of nitrogens with one attached hydrogen (secondary N) is 1. The number of amides is 1. The van der Waals surface area contributed by atoms with Crippen molar-refractivity contribution in [2.45, 2.75) is 0 Å². The Morgan fingerprint density at radius 3 is 2.00 bits per heavy atom. The highest BCUT2D eigenvalue weighted by atomic mass is 32.2. The van der Waals surface area contributed by atoms with Crippen molar-refractivity contribution in [3.63, 3.8) is 0 Å². The van der Waals surface area contributed by atoms with Crippen LogP contribution in [0.3, 0.4) is 0 Å². The number of hydrogen-bond donors (Lipinski definition) is 1. The van der Waals surface area contributed by atoms with Gasteiger partial charge < -0.3 is 5.32 Å². The Kier molecular flexibility index (Phi) is 3.74. The SMILES string of the molecule is O=C(NC1=NCCS1)c1c(F)c(F)c(F)c(F)c1F. The highest BCUT2D eigenvalue weighted by Crippen LogP contribution is 2.23. The fourth-order valence-corrected chi connectivity index (χ4v) is 2.10. The summed E-state index contributed by atoms with van der Waals surface area (Å²) in [5.74, 6) is -11.8. The first-order valence-electron chi connectivity index (χ1n) is 4.93. The first kappa shape index (κ1) is 13.8. The minimum absolute atomic E-state index is 0.0777. The molecule has 1 aliphatic rings. The second-order valence-electron chi connectivity index (χ2n) is 3.43. The van der Waals surface area contributed by atoms with Crippen LogP contribution < -0.4 is 5.32 Å². The molecule has 0 aliphatic carbocycles. The standard InChI is InChI=1S/C10H5F5N2OS/c11-4-3(5(12)7(14)8(15)6(4)13)9(18)17-10-16-1-2-19-10/h1-2H2,(H,16,17,18). The van der Waals surface area contributed by atoms with Crippen molar-refractivity contribution in [2.24, 2.45) is 4.99 Å². The molecule has 0 atom stereocenters. The number of thioether (sulfide) groups is 1. The molecule has 1 aliphatic heterocycles. The van der Waals surface area contributed by atoms with Crippen molar-refractivity contribution in [3.8, 4) is 0 Å². The molecule has 2 rings (SSSR count). The monoisotopic (exact) mass is 296 g/mol. The zero-order valence-corrected chi connectivity index (χ0v) is 9.88. The van der Waals surface area contributed by atoms with E-state index in [1.54, 1.807) is 0 Å². The maximum Gasteiger partial charge on any atom is 0.263 e. The maximum absolute atomic E-state index is 13.3. The number of halogens is 5. The van der Waals surface area contributed by atoms with E-state index < -0.39 is 40.6 Å². The van der Waals surface area contributed by atoms with Crippen LogP contribution in [0.5, 0.6) is 0 Å². The van der Waals surface area contributed by atoms with Gasteiger partial charge in [0.2, 0.25) is 5.82 Å². The third kappa shape index (κ3) is 2.42. The van der Waals surface area contributed by atoms with Crippen LogP contribution in [0, 0.1) is 29.1 Å². The van der Waals surface area contributed by atoms with Crippen LogP contribution in [-0.2, 0) is 0 Å². The van der Waals surface area contributed by atoms with Crippen molar-refractivity contribution in [1.29, 1.82) is 0 Å². The second kappa shape index (κ2) is 5.16. The van der Waals surface area contributed by atoms with E-state index in [1.165, 1.54) is 0 Å². The summed E-state index contributed by atoms with van der Waals surface area (Å²) in [6.45, 7) is 0.400. The van der Waals surface area contributed by atoms with Crippen molar-refractivity contribution in [2.75, 3.05) is 12.3 Å². The van der Waals surface area contributed by atoms with E-state index in [1.807, 2.05) is 5.32 Å². The molecule has 1 aromatic rings. The quantitative estimate of drug-likeness (QED) is 0.490. The lowest BCUT2D eigenvalue weighted by Gasteiger charge is -2.08. The first-order chi connectivity index (χ1) is 8.93. The summed E-state index contributed by atoms with van der Waals surface area (Å²) in [6, 6.07) is 0. The van der Waals surface area contributed by atoms with Crippen molar-refractivity contribution in [1.82, 2.24) is 5.32 Å². The Balaban J connectivity index is 2.41. The number of amidine groups is 1. The Labute approximate surface area is 107 Å². The molecule has 0 aromatic heterocycles. The van der Waals surface area contributed by atoms with Gasteiger partial charge in [-0.15, -0.1) is 0 Å². The zero-order chi connectivity index (χ0) is 14.2. The largest absolute Gasteiger partial charge is 0.301 e. The Hall–Kier alpha value is -1.64. The maximum atomic E-state index is 13.3. The minimum Gasteiger partial charge on any atom is -0.301 e. The lowest BCUT2D eigenvalue weighted by atomic mass is 10.1. The molecule has 1 N–H and O–H groups in total. The smallest absolute Gasteiger partial charge is 0.263 e. The summed E-state index contributed by atoms with van der Waals surface area (Å²) < 4.78 is 65.2. The molecular weight excluding hydrogens is 291 g/mol. The minimum atomic E-state index is -2.31. The van der Waals surface area contributed by atoms with Crippen LogP contribution in [0.25, 0.3) is 0 Å². The Bertz CT molecular complexity index is 561. The van der Waals surface area contributed by atoms with E-state index >= 15 is 0 Å². The molecule has 102 valence electrons. The number of benzene rings is 1. The topological polar surface area (TPSA) is 41.5 Å². The molecule has 0 radical (unpaired) electrons. The molecule has 0 bridgehead atoms. The van der Waals surface area contributed by atoms with Crippen LogP contribution in [0.1, 0.15) is 10.4 Å². The number of carbonyl (C=O) groups excluding carboxylic acids is 1. The van der Waals surface area contributed by atoms with E-state index in [4.69, 9.17) is 0 Å². The summed E-state index contributed by atoms with van der Waals surface area (Å²) in [6.07, 6.45) is 0. The molecule has 0 fully saturated rings. The fourth-order valence-electron chi connectivity index (χ4n) is 1.37. The van der Waals surface area contributed by atoms with Crippen LogP contribution >= 0.6 is 11.8 Å². The van der Waals surface area contributed by atoms with Gasteiger partial charge in [-0.05, 0) is 0 Å². The van der Waals surface area contributed by atoms with Crippen LogP contribution in [0.15, 0.2) is 4.99 Å². The molecule has 19 heavy (non-hydrogen) atoms. The molecule has 3 nitrogen and oxygen atoms in total. The van der Waals surface area contributed by atoms with Gasteiger partial charge in [0.05, 0.1) is 6.54 Å². The van der Waals surface area contributed by atoms with Gasteiger partial charge in [-0.2, -0.15) is 0 Å². The van der Waals surface area contributed by atoms with E-state index in [0.717, 1.165) is 11.8 Å². The zero-order valence-electron chi connectivity index (χ0n) is 9.07. The predicted octanol–water partition coefficient (Wildman–Crippen LogP) is 2.21. The van der Waals surface area contributed by atoms with Gasteiger partial charge in [-0.25, -0.2) is 22.0 Å². The van der Waals surface area contributed by atoms with Crippen LogP contribution in [0.4, 0.5) is 22.0 Å². The molecule has 0 saturated carbocycles. The average Bonchev–Trinajstić information content (AvgIpc) is 2.87. The summed E-state index contributed by atoms with van der Waals surface area (Å²) in [7, 11) is 0. The molecule has 0 spiro atoms. The summed E-state index contributed by atoms with van der Waals surface area (Å²) in [5, 5.41) is 2.07. The number of carbonyl (C=O) groups is 1. The lowest BCUT2D eigenvalue weighted by molar-refractivity contribution is 0.0966. The summed E-state index contributed by atoms with van der Waals surface area (Å²) >= 11 is 1.10. The predicted molar refractivity (Wildman–Crippen MR) is 58.5 cm³/mol. The van der Waals surface area contributed by atoms with Gasteiger partial charge in [0.15, 0.2) is 28.4 Å². The third-order valence-electron chi connectivity index (χ3n) is 2.24. The molecule has 1 amide bonds. The number of nitrogens with zero attached hydrogens (tertiary/aromatic N) is 1. The third-order valence-corrected chi connectivity index (χ3v) is 3.13. The van der Waals surface area contributed by atoms with Gasteiger partial charge in [-0.1, -0.05) is 11.8 Å². The van der Waals surface area contributed by atoms with Gasteiger partial charge in [-0.3, -0.25) is 9.79 Å². The van der Waals surface area contributed by atoms with E-state index in [9.17, 15) is 26.7 Å². The Morgan fingerprint density at radius 2 is 1.53 bits per heavy atom. The number of hydrogen-bond acceptors (Lipinski definition) is 3. The lowest BCUT2D eigenvalue weighted by Crippen LogP contribution is -2.30. The highest BCUT2D eigenvalue weighted by molar-refractivity contribution is 8.14. The van der Waals surface area contributed by atoms with E-state index in [-0.39, 0.29) is 5.17 Å². The highest BCUT2D eigenvalue weighted by Gasteiger charge is 2.30. The van der Waals surface area contributed by atoms with Gasteiger partial charge >= 0.3 is 0 Å². The molecule has 1 heterocycles. The molecule has 9 heteroatoms. The van der Waals surface area contributed by atoms with Crippen LogP contribution in [0.2, 0.25) is 0 Å². The fraction of sp³-hybridized carbons (Fsp3) is 0.200. The van der Waals surface area contributed by atoms with Crippen molar-refractivity contribution >= 4 is 22.8 Å². The number of rotatable bonds is 1. The molecular formula is C10H5F5N2OS. The molecule has 0 saturated heterocycles. The van der Waals surface area contributed by atoms with Gasteiger partial charge in [0.25, 0.3) is 5.91 Å². The first-order valence-corrected chi connectivity index (χ1v) is 5.92. The van der Waals surface area contributed by atoms with Crippen LogP contribution in [-0.4, -0.2) is 23.4 Å². The van der Waals surface area contributed by atoms with Crippen molar-refractivity contribution in [3.05, 3.63) is 34.6 Å². The summed E-state index contributed by atoms with van der Waals surface area (Å²) in [4.78, 5) is 15.3. The molecule has 1 aromatic carbocycles. The van der Waals surface area contributed by atoms with Gasteiger partial charge in [0.1, 0.15) is 5.56 Å². The normalized spacial score (nSPS) is 14.5. The van der Waals surface area contributed by atoms with E-state index in [0.29, 0.717) is 12.3 Å². The number of aliphatic imine (C=N–C) groups is 1. The average molecular weight is 296 g/mol. The van der Waals surface area contributed by atoms with Gasteiger partial charge in [0, 0.05) is 5.75 Å².